The Morgan fingerprint density at radius 1 is 1.00 bits per heavy atom. The van der Waals surface area contributed by atoms with E-state index in [9.17, 15) is 0 Å². The van der Waals surface area contributed by atoms with Gasteiger partial charge in [0.2, 0.25) is 0 Å². The van der Waals surface area contributed by atoms with Crippen LogP contribution in [0.15, 0.2) is 63.2 Å². The van der Waals surface area contributed by atoms with Crippen molar-refractivity contribution < 1.29 is 0 Å². The second-order valence-electron chi connectivity index (χ2n) is 3.69. The van der Waals surface area contributed by atoms with E-state index >= 15 is 0 Å². The van der Waals surface area contributed by atoms with Gasteiger partial charge in [0, 0.05) is 15.1 Å². The molecule has 19 heavy (non-hydrogen) atoms. The van der Waals surface area contributed by atoms with Crippen LogP contribution < -0.4 is 0 Å². The quantitative estimate of drug-likeness (QED) is 0.539. The lowest BCUT2D eigenvalue weighted by Gasteiger charge is -1.96. The van der Waals surface area contributed by atoms with Gasteiger partial charge in [-0.2, -0.15) is 5.10 Å². The maximum absolute atomic E-state index is 6.05. The van der Waals surface area contributed by atoms with Crippen molar-refractivity contribution in [3.63, 3.8) is 0 Å². The first-order chi connectivity index (χ1) is 9.15. The first-order valence-electron chi connectivity index (χ1n) is 5.43. The predicted molar refractivity (Wildman–Crippen MR) is 85.6 cm³/mol. The van der Waals surface area contributed by atoms with Gasteiger partial charge in [-0.05, 0) is 29.8 Å². The third kappa shape index (κ3) is 4.46. The summed E-state index contributed by atoms with van der Waals surface area (Å²) in [6.45, 7) is 0. The zero-order chi connectivity index (χ0) is 13.7. The fourth-order valence-corrected chi connectivity index (χ4v) is 1.90. The maximum atomic E-state index is 6.05. The average Bonchev–Trinajstić information content (AvgIpc) is 2.41. The van der Waals surface area contributed by atoms with Crippen molar-refractivity contribution in [3.05, 3.63) is 69.2 Å². The number of hydrogen-bond acceptors (Lipinski definition) is 2. The molecule has 0 N–H and O–H groups in total. The molecule has 2 rings (SSSR count). The second-order valence-corrected chi connectivity index (χ2v) is 5.40. The monoisotopic (exact) mass is 354 g/mol. The van der Waals surface area contributed by atoms with Gasteiger partial charge < -0.3 is 0 Å². The summed E-state index contributed by atoms with van der Waals surface area (Å²) in [6.07, 6.45) is 1.62. The van der Waals surface area contributed by atoms with Gasteiger partial charge in [-0.3, -0.25) is 0 Å². The summed E-state index contributed by atoms with van der Waals surface area (Å²) < 4.78 is 0.991. The molecule has 0 saturated heterocycles. The van der Waals surface area contributed by atoms with E-state index in [4.69, 9.17) is 23.2 Å². The number of hydrogen-bond donors (Lipinski definition) is 0. The summed E-state index contributed by atoms with van der Waals surface area (Å²) >= 11 is 15.2. The molecule has 0 saturated carbocycles. The fraction of sp³-hybridized carbons (Fsp3) is 0. The van der Waals surface area contributed by atoms with E-state index in [0.717, 1.165) is 15.6 Å². The van der Waals surface area contributed by atoms with E-state index in [-0.39, 0.29) is 0 Å². The van der Waals surface area contributed by atoms with Crippen molar-refractivity contribution in [1.29, 1.82) is 0 Å². The molecular weight excluding hydrogens is 347 g/mol. The van der Waals surface area contributed by atoms with Crippen molar-refractivity contribution >= 4 is 50.5 Å². The van der Waals surface area contributed by atoms with Gasteiger partial charge >= 0.3 is 0 Å². The number of halogens is 3. The zero-order valence-corrected chi connectivity index (χ0v) is 12.8. The van der Waals surface area contributed by atoms with Crippen LogP contribution in [0.5, 0.6) is 0 Å². The predicted octanol–water partition coefficient (Wildman–Crippen LogP) is 5.12. The molecule has 2 aromatic carbocycles. The summed E-state index contributed by atoms with van der Waals surface area (Å²) in [5.41, 5.74) is 1.73. The molecule has 0 heterocycles. The number of benzene rings is 2. The van der Waals surface area contributed by atoms with Crippen LogP contribution in [0.25, 0.3) is 0 Å². The van der Waals surface area contributed by atoms with Crippen molar-refractivity contribution in [2.75, 3.05) is 0 Å². The van der Waals surface area contributed by atoms with Crippen molar-refractivity contribution in [1.82, 2.24) is 0 Å². The average molecular weight is 356 g/mol. The highest BCUT2D eigenvalue weighted by Gasteiger charge is 1.98. The van der Waals surface area contributed by atoms with E-state index in [0.29, 0.717) is 10.2 Å². The zero-order valence-electron chi connectivity index (χ0n) is 9.72. The molecule has 0 aliphatic heterocycles. The molecule has 0 radical (unpaired) electrons. The van der Waals surface area contributed by atoms with Crippen LogP contribution in [0.2, 0.25) is 5.02 Å². The van der Waals surface area contributed by atoms with Crippen LogP contribution in [0.3, 0.4) is 0 Å². The van der Waals surface area contributed by atoms with Gasteiger partial charge in [-0.25, -0.2) is 0 Å². The highest BCUT2D eigenvalue weighted by atomic mass is 79.9. The molecule has 0 amide bonds. The minimum absolute atomic E-state index is 0.345. The van der Waals surface area contributed by atoms with Crippen LogP contribution in [-0.4, -0.2) is 11.4 Å². The Morgan fingerprint density at radius 3 is 2.26 bits per heavy atom. The fourth-order valence-electron chi connectivity index (χ4n) is 1.34. The lowest BCUT2D eigenvalue weighted by Crippen LogP contribution is -1.89. The first-order valence-corrected chi connectivity index (χ1v) is 6.98. The van der Waals surface area contributed by atoms with E-state index < -0.39 is 0 Å². The lowest BCUT2D eigenvalue weighted by atomic mass is 10.2. The first kappa shape index (κ1) is 14.3. The topological polar surface area (TPSA) is 24.7 Å². The van der Waals surface area contributed by atoms with Crippen LogP contribution in [0.1, 0.15) is 11.1 Å². The van der Waals surface area contributed by atoms with E-state index in [2.05, 4.69) is 26.1 Å². The molecule has 0 unspecified atom stereocenters. The van der Waals surface area contributed by atoms with Gasteiger partial charge in [-0.1, -0.05) is 63.4 Å². The Bertz CT molecular complexity index is 604. The van der Waals surface area contributed by atoms with Crippen LogP contribution >= 0.6 is 39.1 Å². The molecule has 0 spiro atoms. The van der Waals surface area contributed by atoms with Crippen LogP contribution in [-0.2, 0) is 0 Å². The molecule has 0 aliphatic carbocycles. The van der Waals surface area contributed by atoms with Crippen molar-refractivity contribution in [3.8, 4) is 0 Å². The minimum Gasteiger partial charge on any atom is -0.157 e. The van der Waals surface area contributed by atoms with E-state index in [1.807, 2.05) is 36.4 Å². The molecule has 0 atom stereocenters. The molecule has 0 bridgehead atoms. The van der Waals surface area contributed by atoms with Gasteiger partial charge in [0.15, 0.2) is 5.17 Å². The molecule has 96 valence electrons. The Balaban J connectivity index is 2.09. The smallest absolute Gasteiger partial charge is 0.157 e. The summed E-state index contributed by atoms with van der Waals surface area (Å²) in [5.74, 6) is 0. The van der Waals surface area contributed by atoms with Gasteiger partial charge in [0.25, 0.3) is 0 Å². The molecule has 0 fully saturated rings. The highest BCUT2D eigenvalue weighted by molar-refractivity contribution is 9.10. The lowest BCUT2D eigenvalue weighted by molar-refractivity contribution is 1.26. The number of rotatable bonds is 3. The molecule has 0 aromatic heterocycles. The van der Waals surface area contributed by atoms with E-state index in [1.165, 1.54) is 0 Å². The van der Waals surface area contributed by atoms with Crippen LogP contribution in [0.4, 0.5) is 0 Å². The Kier molecular flexibility index (Phi) is 5.14. The minimum atomic E-state index is 0.345. The molecular formula is C14H9BrCl2N2. The Morgan fingerprint density at radius 2 is 1.63 bits per heavy atom. The van der Waals surface area contributed by atoms with Crippen molar-refractivity contribution in [2.45, 2.75) is 0 Å². The SMILES string of the molecule is Cl/C(=N\N=C/c1ccc(Cl)cc1)c1ccc(Br)cc1. The van der Waals surface area contributed by atoms with Crippen molar-refractivity contribution in [2.24, 2.45) is 10.2 Å². The van der Waals surface area contributed by atoms with Crippen LogP contribution in [0, 0.1) is 0 Å². The Labute approximate surface area is 129 Å². The molecule has 0 aliphatic rings. The Hall–Kier alpha value is -1.16. The maximum Gasteiger partial charge on any atom is 0.158 e. The largest absolute Gasteiger partial charge is 0.158 e. The standard InChI is InChI=1S/C14H9BrCl2N2/c15-12-5-3-11(4-6-12)14(17)19-18-9-10-1-7-13(16)8-2-10/h1-9H/b18-9-,19-14-. The highest BCUT2D eigenvalue weighted by Crippen LogP contribution is 2.13. The summed E-state index contributed by atoms with van der Waals surface area (Å²) in [4.78, 5) is 0. The normalized spacial score (nSPS) is 12.1. The summed E-state index contributed by atoms with van der Waals surface area (Å²) in [7, 11) is 0. The summed E-state index contributed by atoms with van der Waals surface area (Å²) in [6, 6.07) is 14.8. The molecule has 5 heteroatoms. The third-order valence-corrected chi connectivity index (χ3v) is 3.38. The molecule has 2 nitrogen and oxygen atoms in total. The third-order valence-electron chi connectivity index (χ3n) is 2.30. The van der Waals surface area contributed by atoms with E-state index in [1.54, 1.807) is 18.3 Å². The van der Waals surface area contributed by atoms with Gasteiger partial charge in [0.1, 0.15) is 0 Å². The van der Waals surface area contributed by atoms with Gasteiger partial charge in [0.05, 0.1) is 6.21 Å². The van der Waals surface area contributed by atoms with Gasteiger partial charge in [-0.15, -0.1) is 5.10 Å². The number of nitrogens with zero attached hydrogens (tertiary/aromatic N) is 2. The molecule has 2 aromatic rings. The summed E-state index contributed by atoms with van der Waals surface area (Å²) in [5, 5.41) is 8.92. The second kappa shape index (κ2) is 6.85.